The van der Waals surface area contributed by atoms with Crippen molar-refractivity contribution in [2.45, 2.75) is 26.1 Å². The summed E-state index contributed by atoms with van der Waals surface area (Å²) in [5, 5.41) is 7.24. The number of nitrogens with two attached hydrogens (primary N) is 1. The lowest BCUT2D eigenvalue weighted by atomic mass is 10.3. The molecule has 2 heterocycles. The first-order valence-corrected chi connectivity index (χ1v) is 5.70. The molecule has 0 amide bonds. The molecule has 0 aliphatic carbocycles. The topological polar surface area (TPSA) is 81.7 Å². The van der Waals surface area contributed by atoms with Crippen LogP contribution in [0.4, 0.5) is 24.9 Å². The lowest BCUT2D eigenvalue weighted by Gasteiger charge is -2.09. The van der Waals surface area contributed by atoms with Crippen LogP contribution in [0.15, 0.2) is 6.20 Å². The summed E-state index contributed by atoms with van der Waals surface area (Å²) in [5.41, 5.74) is 6.04. The van der Waals surface area contributed by atoms with E-state index in [9.17, 15) is 13.2 Å². The fourth-order valence-electron chi connectivity index (χ4n) is 1.66. The van der Waals surface area contributed by atoms with Gasteiger partial charge in [0, 0.05) is 13.1 Å². The number of nitrogen functional groups attached to an aromatic ring is 1. The van der Waals surface area contributed by atoms with Gasteiger partial charge in [0.1, 0.15) is 5.82 Å². The highest BCUT2D eigenvalue weighted by Crippen LogP contribution is 2.23. The Labute approximate surface area is 106 Å². The number of nitrogens with one attached hydrogen (secondary N) is 1. The Morgan fingerprint density at radius 1 is 1.37 bits per heavy atom. The molecule has 0 aliphatic heterocycles. The highest BCUT2D eigenvalue weighted by atomic mass is 19.4. The van der Waals surface area contributed by atoms with Crippen LogP contribution in [0.3, 0.4) is 0 Å². The smallest absolute Gasteiger partial charge is 0.369 e. The summed E-state index contributed by atoms with van der Waals surface area (Å²) in [4.78, 5) is 7.93. The average molecular weight is 274 g/mol. The zero-order valence-electron chi connectivity index (χ0n) is 10.2. The minimum absolute atomic E-state index is 0.00258. The van der Waals surface area contributed by atoms with Gasteiger partial charge in [-0.2, -0.15) is 28.2 Å². The van der Waals surface area contributed by atoms with Gasteiger partial charge >= 0.3 is 6.18 Å². The molecular weight excluding hydrogens is 261 g/mol. The third kappa shape index (κ3) is 3.04. The molecule has 0 aromatic carbocycles. The van der Waals surface area contributed by atoms with Crippen molar-refractivity contribution in [3.8, 4) is 0 Å². The fraction of sp³-hybridized carbons (Fsp3) is 0.500. The molecule has 0 fully saturated rings. The molecule has 0 aliphatic rings. The molecule has 0 saturated carbocycles. The van der Waals surface area contributed by atoms with Crippen molar-refractivity contribution in [2.75, 3.05) is 17.6 Å². The van der Waals surface area contributed by atoms with E-state index in [-0.39, 0.29) is 18.3 Å². The number of nitrogens with zero attached hydrogens (tertiary/aromatic N) is 4. The summed E-state index contributed by atoms with van der Waals surface area (Å²) in [6.07, 6.45) is -3.65. The number of alkyl halides is 3. The van der Waals surface area contributed by atoms with Gasteiger partial charge in [-0.3, -0.25) is 0 Å². The number of rotatable bonds is 4. The van der Waals surface area contributed by atoms with Gasteiger partial charge in [-0.05, 0) is 6.92 Å². The summed E-state index contributed by atoms with van der Waals surface area (Å²) in [6.45, 7) is 2.19. The number of aromatic nitrogens is 4. The molecule has 0 atom stereocenters. The molecule has 9 heteroatoms. The molecule has 0 radical (unpaired) electrons. The van der Waals surface area contributed by atoms with E-state index in [1.165, 1.54) is 6.20 Å². The van der Waals surface area contributed by atoms with Crippen molar-refractivity contribution >= 4 is 22.8 Å². The van der Waals surface area contributed by atoms with Gasteiger partial charge in [-0.15, -0.1) is 0 Å². The van der Waals surface area contributed by atoms with Crippen LogP contribution in [0.5, 0.6) is 0 Å². The second-order valence-corrected chi connectivity index (χ2v) is 3.92. The van der Waals surface area contributed by atoms with E-state index < -0.39 is 12.6 Å². The van der Waals surface area contributed by atoms with E-state index in [4.69, 9.17) is 5.73 Å². The zero-order valence-corrected chi connectivity index (χ0v) is 10.2. The van der Waals surface area contributed by atoms with Crippen molar-refractivity contribution in [3.05, 3.63) is 6.20 Å². The highest BCUT2D eigenvalue weighted by molar-refractivity contribution is 5.87. The van der Waals surface area contributed by atoms with Crippen LogP contribution in [-0.4, -0.2) is 32.5 Å². The molecular formula is C10H13F3N6. The van der Waals surface area contributed by atoms with Crippen LogP contribution in [0.2, 0.25) is 0 Å². The summed E-state index contributed by atoms with van der Waals surface area (Å²) < 4.78 is 37.9. The lowest BCUT2D eigenvalue weighted by molar-refractivity contribution is -0.131. The van der Waals surface area contributed by atoms with Crippen LogP contribution in [0.25, 0.3) is 11.0 Å². The Bertz CT molecular complexity index is 576. The second-order valence-electron chi connectivity index (χ2n) is 3.92. The van der Waals surface area contributed by atoms with Crippen molar-refractivity contribution in [3.63, 3.8) is 0 Å². The van der Waals surface area contributed by atoms with Gasteiger partial charge in [0.15, 0.2) is 5.65 Å². The van der Waals surface area contributed by atoms with Crippen molar-refractivity contribution in [1.29, 1.82) is 0 Å². The van der Waals surface area contributed by atoms with Crippen molar-refractivity contribution in [1.82, 2.24) is 19.7 Å². The molecule has 0 saturated heterocycles. The number of fused-ring (bicyclic) bond motifs is 1. The molecule has 0 unspecified atom stereocenters. The Hall–Kier alpha value is -2.06. The van der Waals surface area contributed by atoms with Crippen LogP contribution < -0.4 is 11.1 Å². The van der Waals surface area contributed by atoms with E-state index in [1.807, 2.05) is 6.92 Å². The van der Waals surface area contributed by atoms with E-state index in [0.29, 0.717) is 17.6 Å². The molecule has 2 rings (SSSR count). The summed E-state index contributed by atoms with van der Waals surface area (Å²) in [5.74, 6) is 0.267. The van der Waals surface area contributed by atoms with Gasteiger partial charge in [-0.25, -0.2) is 4.68 Å². The average Bonchev–Trinajstić information content (AvgIpc) is 2.70. The normalized spacial score (nSPS) is 12.0. The second kappa shape index (κ2) is 4.90. The number of anilines is 2. The Morgan fingerprint density at radius 3 is 2.74 bits per heavy atom. The Morgan fingerprint density at radius 2 is 2.11 bits per heavy atom. The number of hydrogen-bond donors (Lipinski definition) is 2. The Balaban J connectivity index is 2.25. The maximum Gasteiger partial charge on any atom is 0.390 e. The third-order valence-electron chi connectivity index (χ3n) is 2.51. The van der Waals surface area contributed by atoms with Crippen LogP contribution in [0, 0.1) is 0 Å². The summed E-state index contributed by atoms with van der Waals surface area (Å²) in [7, 11) is 0. The van der Waals surface area contributed by atoms with Crippen molar-refractivity contribution < 1.29 is 13.2 Å². The van der Waals surface area contributed by atoms with E-state index in [1.54, 1.807) is 4.68 Å². The summed E-state index contributed by atoms with van der Waals surface area (Å²) >= 11 is 0. The van der Waals surface area contributed by atoms with Gasteiger partial charge in [-0.1, -0.05) is 0 Å². The molecule has 104 valence electrons. The standard InChI is InChI=1S/C10H13F3N6/c1-2-19-8-6(5-16-19)7(17-9(14)18-8)15-4-3-10(11,12)13/h5H,2-4H2,1H3,(H3,14,15,17,18). The zero-order chi connectivity index (χ0) is 14.0. The van der Waals surface area contributed by atoms with Crippen LogP contribution in [-0.2, 0) is 6.54 Å². The first-order valence-electron chi connectivity index (χ1n) is 5.70. The van der Waals surface area contributed by atoms with Crippen molar-refractivity contribution in [2.24, 2.45) is 0 Å². The van der Waals surface area contributed by atoms with E-state index in [0.717, 1.165) is 0 Å². The first kappa shape index (κ1) is 13.4. The molecule has 0 bridgehead atoms. The minimum Gasteiger partial charge on any atom is -0.369 e. The molecule has 2 aromatic rings. The monoisotopic (exact) mass is 274 g/mol. The number of halogens is 3. The van der Waals surface area contributed by atoms with Crippen LogP contribution in [0.1, 0.15) is 13.3 Å². The predicted octanol–water partition coefficient (Wildman–Crippen LogP) is 1.79. The Kier molecular flexibility index (Phi) is 3.45. The fourth-order valence-corrected chi connectivity index (χ4v) is 1.66. The van der Waals surface area contributed by atoms with Crippen LogP contribution >= 0.6 is 0 Å². The molecule has 0 spiro atoms. The van der Waals surface area contributed by atoms with Gasteiger partial charge in [0.2, 0.25) is 5.95 Å². The largest absolute Gasteiger partial charge is 0.390 e. The first-order chi connectivity index (χ1) is 8.90. The minimum atomic E-state index is -4.21. The van der Waals surface area contributed by atoms with Gasteiger partial charge in [0.05, 0.1) is 18.0 Å². The maximum absolute atomic E-state index is 12.1. The molecule has 2 aromatic heterocycles. The predicted molar refractivity (Wildman–Crippen MR) is 64.6 cm³/mol. The van der Waals surface area contributed by atoms with Gasteiger partial charge in [0.25, 0.3) is 0 Å². The quantitative estimate of drug-likeness (QED) is 0.888. The third-order valence-corrected chi connectivity index (χ3v) is 2.51. The highest BCUT2D eigenvalue weighted by Gasteiger charge is 2.26. The molecule has 3 N–H and O–H groups in total. The van der Waals surface area contributed by atoms with Gasteiger partial charge < -0.3 is 11.1 Å². The number of hydrogen-bond acceptors (Lipinski definition) is 5. The molecule has 6 nitrogen and oxygen atoms in total. The maximum atomic E-state index is 12.1. The van der Waals surface area contributed by atoms with E-state index in [2.05, 4.69) is 20.4 Å². The lowest BCUT2D eigenvalue weighted by Crippen LogP contribution is -2.15. The van der Waals surface area contributed by atoms with E-state index >= 15 is 0 Å². The number of aryl methyl sites for hydroxylation is 1. The molecule has 19 heavy (non-hydrogen) atoms. The SMILES string of the molecule is CCn1ncc2c(NCCC(F)(F)F)nc(N)nc21. The summed E-state index contributed by atoms with van der Waals surface area (Å²) in [6, 6.07) is 0.